The molecule has 0 bridgehead atoms. The smallest absolute Gasteiger partial charge is 0.244 e. The minimum absolute atomic E-state index is 0.104. The first-order chi connectivity index (χ1) is 9.03. The molecule has 1 amide bonds. The van der Waals surface area contributed by atoms with Gasteiger partial charge in [-0.25, -0.2) is 13.9 Å². The molecule has 1 aromatic carbocycles. The number of benzene rings is 1. The van der Waals surface area contributed by atoms with Crippen LogP contribution in [0.2, 0.25) is 0 Å². The van der Waals surface area contributed by atoms with Gasteiger partial charge in [-0.05, 0) is 42.5 Å². The van der Waals surface area contributed by atoms with Crippen LogP contribution in [-0.2, 0) is 32.3 Å². The molecular weight excluding hydrogens is 266 g/mol. The van der Waals surface area contributed by atoms with Gasteiger partial charge in [0, 0.05) is 6.42 Å². The zero-order valence-corrected chi connectivity index (χ0v) is 11.6. The van der Waals surface area contributed by atoms with Gasteiger partial charge in [0.05, 0.1) is 17.8 Å². The number of nitrogens with one attached hydrogen (secondary N) is 1. The highest BCUT2D eigenvalue weighted by Crippen LogP contribution is 2.25. The first-order valence-corrected chi connectivity index (χ1v) is 7.84. The summed E-state index contributed by atoms with van der Waals surface area (Å²) < 4.78 is 24.2. The highest BCUT2D eigenvalue weighted by molar-refractivity contribution is 7.91. The van der Waals surface area contributed by atoms with Crippen molar-refractivity contribution in [2.45, 2.75) is 30.6 Å². The third-order valence-electron chi connectivity index (χ3n) is 3.24. The van der Waals surface area contributed by atoms with Gasteiger partial charge >= 0.3 is 0 Å². The fraction of sp³-hybridized carbons (Fsp3) is 0.462. The monoisotopic (exact) mass is 283 g/mol. The number of hydrogen-bond acceptors (Lipinski definition) is 4. The minimum Gasteiger partial charge on any atom is -0.277 e. The predicted octanol–water partition coefficient (Wildman–Crippen LogP) is 1.02. The molecular formula is C13H17NO4S. The number of amides is 1. The van der Waals surface area contributed by atoms with E-state index in [1.54, 1.807) is 12.1 Å². The molecule has 1 aliphatic rings. The molecule has 1 N–H and O–H groups in total. The van der Waals surface area contributed by atoms with Crippen LogP contribution in [0, 0.1) is 0 Å². The van der Waals surface area contributed by atoms with Crippen molar-refractivity contribution in [2.75, 3.05) is 12.9 Å². The number of carbonyl (C=O) groups excluding carboxylic acids is 1. The predicted molar refractivity (Wildman–Crippen MR) is 70.3 cm³/mol. The second kappa shape index (κ2) is 5.71. The van der Waals surface area contributed by atoms with Gasteiger partial charge in [-0.3, -0.25) is 9.63 Å². The van der Waals surface area contributed by atoms with E-state index in [0.29, 0.717) is 4.90 Å². The summed E-state index contributed by atoms with van der Waals surface area (Å²) in [6.45, 7) is 0. The number of carbonyl (C=O) groups is 1. The van der Waals surface area contributed by atoms with E-state index in [-0.39, 0.29) is 12.2 Å². The maximum absolute atomic E-state index is 12.1. The Kier molecular flexibility index (Phi) is 4.21. The van der Waals surface area contributed by atoms with E-state index in [0.717, 1.165) is 24.8 Å². The van der Waals surface area contributed by atoms with Crippen LogP contribution in [0.15, 0.2) is 23.1 Å². The summed E-state index contributed by atoms with van der Waals surface area (Å²) in [7, 11) is -2.10. The quantitative estimate of drug-likeness (QED) is 0.819. The van der Waals surface area contributed by atoms with Gasteiger partial charge in [0.1, 0.15) is 0 Å². The van der Waals surface area contributed by atoms with Crippen molar-refractivity contribution in [3.8, 4) is 0 Å². The molecule has 0 heterocycles. The van der Waals surface area contributed by atoms with Gasteiger partial charge in [0.25, 0.3) is 0 Å². The lowest BCUT2D eigenvalue weighted by Crippen LogP contribution is -2.24. The molecule has 104 valence electrons. The standard InChI is InChI=1S/C13H17NO4S/c1-18-14-13(15)7-8-19(16,17)12-6-5-10-3-2-4-11(10)9-12/h5-6,9H,2-4,7-8H2,1H3,(H,14,15). The van der Waals surface area contributed by atoms with Crippen molar-refractivity contribution in [2.24, 2.45) is 0 Å². The lowest BCUT2D eigenvalue weighted by Gasteiger charge is -2.07. The molecule has 0 saturated carbocycles. The first-order valence-electron chi connectivity index (χ1n) is 6.19. The third kappa shape index (κ3) is 3.33. The normalized spacial score (nSPS) is 14.2. The molecule has 19 heavy (non-hydrogen) atoms. The second-order valence-electron chi connectivity index (χ2n) is 4.58. The molecule has 0 radical (unpaired) electrons. The van der Waals surface area contributed by atoms with Crippen LogP contribution in [0.5, 0.6) is 0 Å². The molecule has 0 fully saturated rings. The maximum Gasteiger partial charge on any atom is 0.244 e. The van der Waals surface area contributed by atoms with Gasteiger partial charge in [-0.15, -0.1) is 0 Å². The average Bonchev–Trinajstić information content (AvgIpc) is 2.84. The van der Waals surface area contributed by atoms with E-state index in [2.05, 4.69) is 10.3 Å². The molecule has 2 rings (SSSR count). The zero-order valence-electron chi connectivity index (χ0n) is 10.8. The lowest BCUT2D eigenvalue weighted by atomic mass is 10.1. The molecule has 1 aromatic rings. The second-order valence-corrected chi connectivity index (χ2v) is 6.69. The topological polar surface area (TPSA) is 72.5 Å². The minimum atomic E-state index is -3.41. The summed E-state index contributed by atoms with van der Waals surface area (Å²) in [6, 6.07) is 5.25. The molecule has 5 nitrogen and oxygen atoms in total. The SMILES string of the molecule is CONC(=O)CCS(=O)(=O)c1ccc2c(c1)CCC2. The van der Waals surface area contributed by atoms with Crippen molar-refractivity contribution in [3.05, 3.63) is 29.3 Å². The highest BCUT2D eigenvalue weighted by Gasteiger charge is 2.19. The lowest BCUT2D eigenvalue weighted by molar-refractivity contribution is -0.130. The van der Waals surface area contributed by atoms with Crippen molar-refractivity contribution < 1.29 is 18.0 Å². The summed E-state index contributed by atoms with van der Waals surface area (Å²) in [5.41, 5.74) is 4.45. The average molecular weight is 283 g/mol. The first kappa shape index (κ1) is 14.0. The maximum atomic E-state index is 12.1. The Morgan fingerprint density at radius 2 is 2.05 bits per heavy atom. The van der Waals surface area contributed by atoms with Gasteiger partial charge in [0.15, 0.2) is 9.84 Å². The molecule has 0 spiro atoms. The number of rotatable bonds is 5. The fourth-order valence-electron chi connectivity index (χ4n) is 2.25. The Morgan fingerprint density at radius 1 is 1.32 bits per heavy atom. The van der Waals surface area contributed by atoms with Crippen LogP contribution in [0.25, 0.3) is 0 Å². The Balaban J connectivity index is 2.09. The molecule has 6 heteroatoms. The number of hydroxylamine groups is 1. The van der Waals surface area contributed by atoms with E-state index >= 15 is 0 Å². The van der Waals surface area contributed by atoms with E-state index < -0.39 is 15.7 Å². The third-order valence-corrected chi connectivity index (χ3v) is 4.96. The van der Waals surface area contributed by atoms with Gasteiger partial charge in [-0.1, -0.05) is 6.07 Å². The molecule has 0 unspecified atom stereocenters. The summed E-state index contributed by atoms with van der Waals surface area (Å²) in [5.74, 6) is -0.645. The van der Waals surface area contributed by atoms with E-state index in [1.807, 2.05) is 6.07 Å². The van der Waals surface area contributed by atoms with Crippen molar-refractivity contribution in [3.63, 3.8) is 0 Å². The van der Waals surface area contributed by atoms with Crippen LogP contribution in [0.3, 0.4) is 0 Å². The molecule has 0 aliphatic heterocycles. The highest BCUT2D eigenvalue weighted by atomic mass is 32.2. The Bertz CT molecular complexity index is 580. The number of hydrogen-bond donors (Lipinski definition) is 1. The van der Waals surface area contributed by atoms with Crippen LogP contribution in [-0.4, -0.2) is 27.2 Å². The van der Waals surface area contributed by atoms with Crippen molar-refractivity contribution in [1.29, 1.82) is 0 Å². The number of fused-ring (bicyclic) bond motifs is 1. The van der Waals surface area contributed by atoms with Crippen LogP contribution in [0.1, 0.15) is 24.0 Å². The zero-order chi connectivity index (χ0) is 13.9. The summed E-state index contributed by atoms with van der Waals surface area (Å²) >= 11 is 0. The van der Waals surface area contributed by atoms with Gasteiger partial charge in [0.2, 0.25) is 5.91 Å². The summed E-state index contributed by atoms with van der Waals surface area (Å²) in [5, 5.41) is 0. The molecule has 0 atom stereocenters. The van der Waals surface area contributed by atoms with Crippen molar-refractivity contribution >= 4 is 15.7 Å². The number of sulfone groups is 1. The Morgan fingerprint density at radius 3 is 2.79 bits per heavy atom. The van der Waals surface area contributed by atoms with Crippen molar-refractivity contribution in [1.82, 2.24) is 5.48 Å². The summed E-state index contributed by atoms with van der Waals surface area (Å²) in [4.78, 5) is 16.0. The summed E-state index contributed by atoms with van der Waals surface area (Å²) in [6.07, 6.45) is 2.93. The van der Waals surface area contributed by atoms with E-state index in [9.17, 15) is 13.2 Å². The van der Waals surface area contributed by atoms with Crippen LogP contribution in [0.4, 0.5) is 0 Å². The van der Waals surface area contributed by atoms with E-state index in [4.69, 9.17) is 0 Å². The number of aryl methyl sites for hydroxylation is 2. The Hall–Kier alpha value is -1.40. The fourth-order valence-corrected chi connectivity index (χ4v) is 3.54. The molecule has 0 aromatic heterocycles. The van der Waals surface area contributed by atoms with Crippen LogP contribution < -0.4 is 5.48 Å². The van der Waals surface area contributed by atoms with E-state index in [1.165, 1.54) is 12.7 Å². The molecule has 1 aliphatic carbocycles. The van der Waals surface area contributed by atoms with Crippen LogP contribution >= 0.6 is 0 Å². The van der Waals surface area contributed by atoms with Gasteiger partial charge < -0.3 is 0 Å². The Labute approximate surface area is 112 Å². The van der Waals surface area contributed by atoms with Gasteiger partial charge in [-0.2, -0.15) is 0 Å². The molecule has 0 saturated heterocycles. The largest absolute Gasteiger partial charge is 0.277 e.